The van der Waals surface area contributed by atoms with Crippen LogP contribution in [0.2, 0.25) is 0 Å². The van der Waals surface area contributed by atoms with Crippen LogP contribution in [0.4, 0.5) is 10.8 Å². The Morgan fingerprint density at radius 3 is 2.77 bits per heavy atom. The van der Waals surface area contributed by atoms with Crippen molar-refractivity contribution >= 4 is 45.7 Å². The van der Waals surface area contributed by atoms with E-state index in [0.29, 0.717) is 21.5 Å². The third-order valence-corrected chi connectivity index (χ3v) is 4.46. The van der Waals surface area contributed by atoms with Crippen molar-refractivity contribution < 1.29 is 9.59 Å². The Balaban J connectivity index is 2.06. The topological polar surface area (TPSA) is 124 Å². The number of thioether (sulfide) groups is 1. The van der Waals surface area contributed by atoms with Crippen molar-refractivity contribution in [2.45, 2.75) is 24.3 Å². The lowest BCUT2D eigenvalue weighted by atomic mass is 10.3. The van der Waals surface area contributed by atoms with E-state index in [1.807, 2.05) is 0 Å². The monoisotopic (exact) mass is 337 g/mol. The molecule has 2 aromatic rings. The van der Waals surface area contributed by atoms with Gasteiger partial charge < -0.3 is 16.8 Å². The molecule has 2 amide bonds. The minimum absolute atomic E-state index is 0.265. The number of carbonyl (C=O) groups is 2. The summed E-state index contributed by atoms with van der Waals surface area (Å²) in [5.41, 5.74) is 11.9. The summed E-state index contributed by atoms with van der Waals surface area (Å²) in [6.07, 6.45) is 0. The van der Waals surface area contributed by atoms with Gasteiger partial charge in [0.2, 0.25) is 5.91 Å². The molecule has 1 atom stereocenters. The zero-order valence-electron chi connectivity index (χ0n) is 12.0. The van der Waals surface area contributed by atoms with Gasteiger partial charge in [-0.25, -0.2) is 9.97 Å². The average molecular weight is 337 g/mol. The third kappa shape index (κ3) is 3.95. The first-order valence-electron chi connectivity index (χ1n) is 6.33. The smallest absolute Gasteiger partial charge is 0.251 e. The molecule has 116 valence electrons. The van der Waals surface area contributed by atoms with E-state index < -0.39 is 11.2 Å². The van der Waals surface area contributed by atoms with Gasteiger partial charge in [0.05, 0.1) is 10.8 Å². The maximum absolute atomic E-state index is 12.2. The highest BCUT2D eigenvalue weighted by Gasteiger charge is 2.19. The predicted molar refractivity (Wildman–Crippen MR) is 88.0 cm³/mol. The second-order valence-corrected chi connectivity index (χ2v) is 6.72. The van der Waals surface area contributed by atoms with Gasteiger partial charge in [-0.1, -0.05) is 11.8 Å². The van der Waals surface area contributed by atoms with Crippen molar-refractivity contribution in [3.05, 3.63) is 28.8 Å². The van der Waals surface area contributed by atoms with Crippen LogP contribution in [0.5, 0.6) is 0 Å². The van der Waals surface area contributed by atoms with Crippen LogP contribution in [0.25, 0.3) is 0 Å². The maximum atomic E-state index is 12.2. The van der Waals surface area contributed by atoms with Crippen molar-refractivity contribution in [1.82, 2.24) is 9.97 Å². The molecule has 0 bridgehead atoms. The second kappa shape index (κ2) is 6.75. The first kappa shape index (κ1) is 16.2. The van der Waals surface area contributed by atoms with Crippen molar-refractivity contribution in [2.75, 3.05) is 11.1 Å². The number of aryl methyl sites for hydroxylation is 1. The van der Waals surface area contributed by atoms with Crippen LogP contribution in [-0.4, -0.2) is 27.0 Å². The molecule has 7 nitrogen and oxygen atoms in total. The molecular weight excluding hydrogens is 322 g/mol. The lowest BCUT2D eigenvalue weighted by Gasteiger charge is -2.11. The molecule has 0 saturated carbocycles. The summed E-state index contributed by atoms with van der Waals surface area (Å²) in [5.74, 6) is -0.484. The van der Waals surface area contributed by atoms with Crippen molar-refractivity contribution in [3.63, 3.8) is 0 Å². The summed E-state index contributed by atoms with van der Waals surface area (Å²) in [4.78, 5) is 31.7. The van der Waals surface area contributed by atoms with Gasteiger partial charge in [0.1, 0.15) is 10.8 Å². The first-order valence-corrected chi connectivity index (χ1v) is 8.08. The minimum Gasteiger partial charge on any atom is -0.384 e. The molecule has 0 aromatic carbocycles. The lowest BCUT2D eigenvalue weighted by molar-refractivity contribution is -0.115. The van der Waals surface area contributed by atoms with Gasteiger partial charge in [-0.05, 0) is 25.3 Å². The van der Waals surface area contributed by atoms with Crippen LogP contribution in [0.1, 0.15) is 23.0 Å². The lowest BCUT2D eigenvalue weighted by Crippen LogP contribution is -2.24. The fourth-order valence-corrected chi connectivity index (χ4v) is 3.28. The third-order valence-electron chi connectivity index (χ3n) is 2.67. The number of anilines is 2. The molecule has 9 heteroatoms. The van der Waals surface area contributed by atoms with Gasteiger partial charge in [-0.15, -0.1) is 11.3 Å². The van der Waals surface area contributed by atoms with Gasteiger partial charge in [-0.2, -0.15) is 0 Å². The van der Waals surface area contributed by atoms with Crippen LogP contribution < -0.4 is 16.8 Å². The highest BCUT2D eigenvalue weighted by Crippen LogP contribution is 2.26. The van der Waals surface area contributed by atoms with Gasteiger partial charge in [0.15, 0.2) is 5.16 Å². The number of carbonyl (C=O) groups excluding carboxylic acids is 2. The number of nitrogens with zero attached hydrogens (tertiary/aromatic N) is 2. The number of amides is 2. The molecule has 0 unspecified atom stereocenters. The summed E-state index contributed by atoms with van der Waals surface area (Å²) in [6.45, 7) is 3.52. The Hall–Kier alpha value is -2.13. The summed E-state index contributed by atoms with van der Waals surface area (Å²) >= 11 is 2.43. The second-order valence-electron chi connectivity index (χ2n) is 4.49. The first-order chi connectivity index (χ1) is 10.4. The summed E-state index contributed by atoms with van der Waals surface area (Å²) < 4.78 is 0. The number of thiophene rings is 1. The van der Waals surface area contributed by atoms with E-state index in [-0.39, 0.29) is 5.91 Å². The zero-order chi connectivity index (χ0) is 16.3. The quantitative estimate of drug-likeness (QED) is 0.563. The Kier molecular flexibility index (Phi) is 4.99. The molecule has 0 aliphatic carbocycles. The van der Waals surface area contributed by atoms with Gasteiger partial charge in [0, 0.05) is 11.8 Å². The molecule has 0 radical (unpaired) electrons. The van der Waals surface area contributed by atoms with Gasteiger partial charge in [0.25, 0.3) is 5.91 Å². The van der Waals surface area contributed by atoms with Crippen molar-refractivity contribution in [3.8, 4) is 0 Å². The van der Waals surface area contributed by atoms with E-state index in [0.717, 1.165) is 5.69 Å². The Morgan fingerprint density at radius 2 is 2.14 bits per heavy atom. The van der Waals surface area contributed by atoms with E-state index in [4.69, 9.17) is 11.5 Å². The van der Waals surface area contributed by atoms with E-state index >= 15 is 0 Å². The molecule has 0 aliphatic heterocycles. The van der Waals surface area contributed by atoms with Crippen molar-refractivity contribution in [1.29, 1.82) is 0 Å². The largest absolute Gasteiger partial charge is 0.384 e. The fourth-order valence-electron chi connectivity index (χ4n) is 1.64. The number of nitrogens with one attached hydrogen (secondary N) is 1. The summed E-state index contributed by atoms with van der Waals surface area (Å²) in [6, 6.07) is 3.23. The fraction of sp³-hybridized carbons (Fsp3) is 0.231. The number of primary amides is 1. The number of nitrogen functional groups attached to an aromatic ring is 1. The maximum Gasteiger partial charge on any atom is 0.251 e. The number of rotatable bonds is 5. The number of aromatic nitrogens is 2. The molecule has 2 heterocycles. The molecule has 0 aliphatic rings. The Labute approximate surface area is 135 Å². The summed E-state index contributed by atoms with van der Waals surface area (Å²) in [7, 11) is 0. The molecule has 0 spiro atoms. The molecule has 2 aromatic heterocycles. The molecule has 5 N–H and O–H groups in total. The Bertz CT molecular complexity index is 696. The number of hydrogen-bond acceptors (Lipinski definition) is 7. The summed E-state index contributed by atoms with van der Waals surface area (Å²) in [5, 5.41) is 4.80. The van der Waals surface area contributed by atoms with E-state index in [9.17, 15) is 9.59 Å². The molecule has 2 rings (SSSR count). The predicted octanol–water partition coefficient (Wildman–Crippen LogP) is 1.65. The van der Waals surface area contributed by atoms with Crippen LogP contribution in [-0.2, 0) is 4.79 Å². The van der Waals surface area contributed by atoms with Crippen molar-refractivity contribution in [2.24, 2.45) is 5.73 Å². The molecule has 22 heavy (non-hydrogen) atoms. The standard InChI is InChI=1S/C13H15N5O2S2/c1-6-5-9(14)17-13(16-6)22-7(2)11(20)18-12-8(10(15)19)3-4-21-12/h3-5,7H,1-2H3,(H2,15,19)(H,18,20)(H2,14,16,17)/t7-/m1/s1. The van der Waals surface area contributed by atoms with E-state index in [2.05, 4.69) is 15.3 Å². The number of nitrogens with two attached hydrogens (primary N) is 2. The van der Waals surface area contributed by atoms with Crippen LogP contribution in [0.15, 0.2) is 22.7 Å². The van der Waals surface area contributed by atoms with E-state index in [1.54, 1.807) is 31.4 Å². The highest BCUT2D eigenvalue weighted by molar-refractivity contribution is 8.00. The highest BCUT2D eigenvalue weighted by atomic mass is 32.2. The molecule has 0 saturated heterocycles. The molecule has 0 fully saturated rings. The minimum atomic E-state index is -0.577. The van der Waals surface area contributed by atoms with E-state index in [1.165, 1.54) is 23.1 Å². The Morgan fingerprint density at radius 1 is 1.41 bits per heavy atom. The van der Waals surface area contributed by atoms with Crippen LogP contribution in [0, 0.1) is 6.92 Å². The van der Waals surface area contributed by atoms with Gasteiger partial charge >= 0.3 is 0 Å². The van der Waals surface area contributed by atoms with Gasteiger partial charge in [-0.3, -0.25) is 9.59 Å². The normalized spacial score (nSPS) is 11.9. The zero-order valence-corrected chi connectivity index (χ0v) is 13.6. The average Bonchev–Trinajstić information content (AvgIpc) is 2.85. The van der Waals surface area contributed by atoms with Crippen LogP contribution in [0.3, 0.4) is 0 Å². The SMILES string of the molecule is Cc1cc(N)nc(S[C@H](C)C(=O)Nc2sccc2C(N)=O)n1. The number of hydrogen-bond donors (Lipinski definition) is 3. The van der Waals surface area contributed by atoms with Crippen LogP contribution >= 0.6 is 23.1 Å². The molecular formula is C13H15N5O2S2.